The Morgan fingerprint density at radius 3 is 3.00 bits per heavy atom. The average Bonchev–Trinajstić information content (AvgIpc) is 1.84. The zero-order valence-corrected chi connectivity index (χ0v) is 3.73. The molecule has 38 valence electrons. The van der Waals surface area contributed by atoms with Gasteiger partial charge in [-0.25, -0.2) is 0 Å². The van der Waals surface area contributed by atoms with Crippen LogP contribution in [-0.2, 0) is 0 Å². The highest BCUT2D eigenvalue weighted by molar-refractivity contribution is 4.40. The topological polar surface area (TPSA) is 20.2 Å². The average molecular weight is 93.2 g/mol. The van der Waals surface area contributed by atoms with Crippen molar-refractivity contribution >= 4 is 0 Å². The summed E-state index contributed by atoms with van der Waals surface area (Å²) in [5.74, 6) is 0. The first-order valence-electron chi connectivity index (χ1n) is 4.40. The van der Waals surface area contributed by atoms with Crippen LogP contribution in [0.15, 0.2) is 0 Å². The fourth-order valence-electron chi connectivity index (χ4n) is 0.193. The molecule has 0 aromatic carbocycles. The summed E-state index contributed by atoms with van der Waals surface area (Å²) in [5.41, 5.74) is 0. The van der Waals surface area contributed by atoms with Gasteiger partial charge in [0.2, 0.25) is 0 Å². The number of hydrogen-bond donors (Lipinski definition) is 1. The molecule has 0 aromatic heterocycles. The Hall–Kier alpha value is -0.0400. The van der Waals surface area contributed by atoms with Crippen LogP contribution >= 0.6 is 0 Å². The molecule has 6 heavy (non-hydrogen) atoms. The maximum atomic E-state index is 8.98. The molecule has 0 spiro atoms. The lowest BCUT2D eigenvalue weighted by Crippen LogP contribution is -1.95. The molecule has 0 amide bonds. The minimum absolute atomic E-state index is 0.00738. The SMILES string of the molecule is [2H]C([2H])([2H])C(O)C([2H])([2H])CC. The number of rotatable bonds is 2. The second kappa shape index (κ2) is 3.16. The van der Waals surface area contributed by atoms with E-state index in [1.165, 1.54) is 6.92 Å². The van der Waals surface area contributed by atoms with Gasteiger partial charge in [-0.1, -0.05) is 13.3 Å². The van der Waals surface area contributed by atoms with Crippen molar-refractivity contribution < 1.29 is 12.0 Å². The molecular weight excluding hydrogens is 76.1 g/mol. The third-order valence-electron chi connectivity index (χ3n) is 0.397. The van der Waals surface area contributed by atoms with Crippen LogP contribution in [0, 0.1) is 0 Å². The van der Waals surface area contributed by atoms with Gasteiger partial charge < -0.3 is 5.11 Å². The molecule has 0 rings (SSSR count). The largest absolute Gasteiger partial charge is 0.393 e. The summed E-state index contributed by atoms with van der Waals surface area (Å²) in [4.78, 5) is 0. The lowest BCUT2D eigenvalue weighted by atomic mass is 10.2. The Balaban J connectivity index is 4.35. The molecule has 1 nitrogen and oxygen atoms in total. The lowest BCUT2D eigenvalue weighted by molar-refractivity contribution is 0.183. The van der Waals surface area contributed by atoms with Crippen LogP contribution in [-0.4, -0.2) is 11.2 Å². The van der Waals surface area contributed by atoms with Gasteiger partial charge in [-0.05, 0) is 13.2 Å². The second-order valence-corrected chi connectivity index (χ2v) is 0.960. The van der Waals surface area contributed by atoms with Crippen molar-refractivity contribution in [2.75, 3.05) is 0 Å². The molecule has 0 heterocycles. The van der Waals surface area contributed by atoms with Gasteiger partial charge in [0.25, 0.3) is 0 Å². The van der Waals surface area contributed by atoms with Crippen LogP contribution in [0.1, 0.15) is 33.4 Å². The summed E-state index contributed by atoms with van der Waals surface area (Å²) in [5, 5.41) is 8.98. The molecule has 0 bridgehead atoms. The van der Waals surface area contributed by atoms with Gasteiger partial charge in [-0.3, -0.25) is 0 Å². The molecule has 1 atom stereocenters. The molecule has 0 radical (unpaired) electrons. The van der Waals surface area contributed by atoms with E-state index in [2.05, 4.69) is 0 Å². The lowest BCUT2D eigenvalue weighted by Gasteiger charge is -1.95. The first-order chi connectivity index (χ1) is 4.72. The van der Waals surface area contributed by atoms with Gasteiger partial charge in [-0.2, -0.15) is 0 Å². The maximum Gasteiger partial charge on any atom is 0.0512 e. The standard InChI is InChI=1S/C5H12O/c1-3-4-5(2)6/h5-6H,3-4H2,1-2H3/i2D3,4D2. The van der Waals surface area contributed by atoms with Gasteiger partial charge >= 0.3 is 0 Å². The van der Waals surface area contributed by atoms with Crippen LogP contribution in [0.5, 0.6) is 0 Å². The van der Waals surface area contributed by atoms with Crippen LogP contribution in [0.4, 0.5) is 0 Å². The minimum Gasteiger partial charge on any atom is -0.393 e. The molecule has 0 aliphatic carbocycles. The van der Waals surface area contributed by atoms with E-state index in [0.717, 1.165) is 0 Å². The molecular formula is C5H12O. The Morgan fingerprint density at radius 1 is 2.17 bits per heavy atom. The number of aliphatic hydroxyl groups excluding tert-OH is 1. The molecule has 0 aliphatic rings. The Labute approximate surface area is 46.0 Å². The summed E-state index contributed by atoms with van der Waals surface area (Å²) >= 11 is 0. The summed E-state index contributed by atoms with van der Waals surface area (Å²) < 4.78 is 34.4. The first-order valence-corrected chi connectivity index (χ1v) is 1.90. The smallest absolute Gasteiger partial charge is 0.0512 e. The van der Waals surface area contributed by atoms with Crippen molar-refractivity contribution in [1.29, 1.82) is 0 Å². The van der Waals surface area contributed by atoms with Crippen molar-refractivity contribution in [2.45, 2.75) is 32.7 Å². The van der Waals surface area contributed by atoms with Crippen LogP contribution in [0.25, 0.3) is 0 Å². The Bertz CT molecular complexity index is 129. The van der Waals surface area contributed by atoms with E-state index < -0.39 is 19.3 Å². The number of hydrogen-bond acceptors (Lipinski definition) is 1. The molecule has 0 saturated heterocycles. The van der Waals surface area contributed by atoms with E-state index in [1.807, 2.05) is 0 Å². The normalized spacial score (nSPS) is 31.3. The van der Waals surface area contributed by atoms with Crippen molar-refractivity contribution in [1.82, 2.24) is 0 Å². The van der Waals surface area contributed by atoms with E-state index in [1.54, 1.807) is 0 Å². The fraction of sp³-hybridized carbons (Fsp3) is 1.00. The van der Waals surface area contributed by atoms with E-state index >= 15 is 0 Å². The van der Waals surface area contributed by atoms with Crippen LogP contribution in [0.3, 0.4) is 0 Å². The number of aliphatic hydroxyl groups is 1. The molecule has 0 aliphatic heterocycles. The third kappa shape index (κ3) is 3.96. The monoisotopic (exact) mass is 93.1 g/mol. The summed E-state index contributed by atoms with van der Waals surface area (Å²) in [6.07, 6.45) is -3.92. The highest BCUT2D eigenvalue weighted by Gasteiger charge is 1.87. The van der Waals surface area contributed by atoms with Crippen molar-refractivity contribution in [3.05, 3.63) is 0 Å². The highest BCUT2D eigenvalue weighted by atomic mass is 16.3. The second-order valence-electron chi connectivity index (χ2n) is 0.960. The highest BCUT2D eigenvalue weighted by Crippen LogP contribution is 1.91. The van der Waals surface area contributed by atoms with E-state index in [4.69, 9.17) is 12.0 Å². The quantitative estimate of drug-likeness (QED) is 0.543. The summed E-state index contributed by atoms with van der Waals surface area (Å²) in [7, 11) is 0. The van der Waals surface area contributed by atoms with Crippen molar-refractivity contribution in [3.63, 3.8) is 0 Å². The molecule has 0 saturated carbocycles. The zero-order chi connectivity index (χ0) is 9.28. The summed E-state index contributed by atoms with van der Waals surface area (Å²) in [6, 6.07) is 0. The first kappa shape index (κ1) is 1.48. The van der Waals surface area contributed by atoms with E-state index in [-0.39, 0.29) is 6.42 Å². The third-order valence-corrected chi connectivity index (χ3v) is 0.397. The van der Waals surface area contributed by atoms with E-state index in [9.17, 15) is 0 Å². The van der Waals surface area contributed by atoms with Gasteiger partial charge in [0, 0.05) is 6.85 Å². The molecule has 0 aromatic rings. The van der Waals surface area contributed by atoms with Crippen LogP contribution in [0.2, 0.25) is 0 Å². The zero-order valence-electron chi connectivity index (χ0n) is 8.73. The summed E-state index contributed by atoms with van der Waals surface area (Å²) in [6.45, 7) is -1.13. The fourth-order valence-corrected chi connectivity index (χ4v) is 0.193. The van der Waals surface area contributed by atoms with Gasteiger partial charge in [0.1, 0.15) is 0 Å². The predicted molar refractivity (Wildman–Crippen MR) is 26.6 cm³/mol. The predicted octanol–water partition coefficient (Wildman–Crippen LogP) is 1.17. The van der Waals surface area contributed by atoms with Crippen molar-refractivity contribution in [2.24, 2.45) is 0 Å². The molecule has 1 heteroatoms. The Kier molecular flexibility index (Phi) is 0.779. The van der Waals surface area contributed by atoms with Gasteiger partial charge in [-0.15, -0.1) is 0 Å². The molecule has 1 N–H and O–H groups in total. The van der Waals surface area contributed by atoms with Crippen LogP contribution < -0.4 is 0 Å². The van der Waals surface area contributed by atoms with Gasteiger partial charge in [0.05, 0.1) is 6.10 Å². The minimum atomic E-state index is -2.63. The molecule has 0 fully saturated rings. The molecule has 1 unspecified atom stereocenters. The van der Waals surface area contributed by atoms with E-state index in [0.29, 0.717) is 0 Å². The maximum absolute atomic E-state index is 8.98. The Morgan fingerprint density at radius 2 is 2.83 bits per heavy atom. The van der Waals surface area contributed by atoms with Crippen molar-refractivity contribution in [3.8, 4) is 0 Å². The van der Waals surface area contributed by atoms with Gasteiger partial charge in [0.15, 0.2) is 0 Å².